The van der Waals surface area contributed by atoms with Crippen molar-refractivity contribution >= 4 is 16.9 Å². The van der Waals surface area contributed by atoms with Gasteiger partial charge in [0.05, 0.1) is 40.2 Å². The summed E-state index contributed by atoms with van der Waals surface area (Å²) in [5.74, 6) is -0.0415. The van der Waals surface area contributed by atoms with Gasteiger partial charge in [-0.15, -0.1) is 13.2 Å². The number of aromatic amines is 1. The molecule has 1 fully saturated rings. The van der Waals surface area contributed by atoms with Gasteiger partial charge in [0.1, 0.15) is 11.6 Å². The van der Waals surface area contributed by atoms with Gasteiger partial charge in [0.25, 0.3) is 5.91 Å². The van der Waals surface area contributed by atoms with E-state index in [0.29, 0.717) is 41.1 Å². The molecule has 34 heavy (non-hydrogen) atoms. The van der Waals surface area contributed by atoms with E-state index in [9.17, 15) is 18.0 Å². The van der Waals surface area contributed by atoms with Crippen molar-refractivity contribution in [2.45, 2.75) is 38.6 Å². The minimum Gasteiger partial charge on any atom is -0.406 e. The molecule has 8 nitrogen and oxygen atoms in total. The first kappa shape index (κ1) is 21.9. The number of hydrogen-bond donors (Lipinski definition) is 1. The average Bonchev–Trinajstić information content (AvgIpc) is 3.52. The molecule has 3 heterocycles. The summed E-state index contributed by atoms with van der Waals surface area (Å²) in [6.07, 6.45) is -0.310. The molecule has 0 aliphatic carbocycles. The molecule has 1 aliphatic heterocycles. The Kier molecular flexibility index (Phi) is 5.07. The van der Waals surface area contributed by atoms with Gasteiger partial charge in [0, 0.05) is 12.6 Å². The molecular formula is C23H21F3N6O2. The summed E-state index contributed by atoms with van der Waals surface area (Å²) >= 11 is 0. The molecule has 176 valence electrons. The van der Waals surface area contributed by atoms with Crippen LogP contribution in [0.1, 0.15) is 41.5 Å². The van der Waals surface area contributed by atoms with Gasteiger partial charge >= 0.3 is 6.36 Å². The molecule has 1 aliphatic rings. The van der Waals surface area contributed by atoms with Crippen LogP contribution in [0.25, 0.3) is 16.7 Å². The Bertz CT molecular complexity index is 1370. The van der Waals surface area contributed by atoms with Crippen molar-refractivity contribution in [3.05, 3.63) is 65.7 Å². The number of carbonyl (C=O) groups is 1. The first-order valence-corrected chi connectivity index (χ1v) is 10.7. The number of aromatic nitrogens is 5. The van der Waals surface area contributed by atoms with Crippen molar-refractivity contribution in [3.8, 4) is 11.4 Å². The van der Waals surface area contributed by atoms with Crippen LogP contribution in [0, 0.1) is 6.92 Å². The second kappa shape index (κ2) is 7.86. The number of carbonyl (C=O) groups excluding carboxylic acids is 1. The Morgan fingerprint density at radius 3 is 2.65 bits per heavy atom. The lowest BCUT2D eigenvalue weighted by molar-refractivity contribution is -0.274. The van der Waals surface area contributed by atoms with Crippen molar-refractivity contribution in [1.29, 1.82) is 0 Å². The Morgan fingerprint density at radius 2 is 1.91 bits per heavy atom. The maximum absolute atomic E-state index is 13.8. The number of fused-ring (bicyclic) bond motifs is 1. The molecule has 5 rings (SSSR count). The Balaban J connectivity index is 1.52. The zero-order valence-corrected chi connectivity index (χ0v) is 18.4. The number of nitrogens with zero attached hydrogens (tertiary/aromatic N) is 5. The van der Waals surface area contributed by atoms with E-state index in [1.807, 2.05) is 19.9 Å². The number of H-pyrrole nitrogens is 1. The van der Waals surface area contributed by atoms with E-state index < -0.39 is 11.9 Å². The normalized spacial score (nSPS) is 18.6. The summed E-state index contributed by atoms with van der Waals surface area (Å²) in [5.41, 5.74) is 2.05. The van der Waals surface area contributed by atoms with Crippen molar-refractivity contribution < 1.29 is 22.7 Å². The molecular weight excluding hydrogens is 449 g/mol. The van der Waals surface area contributed by atoms with Gasteiger partial charge in [-0.25, -0.2) is 4.98 Å². The summed E-state index contributed by atoms with van der Waals surface area (Å²) in [7, 11) is 0. The predicted octanol–water partition coefficient (Wildman–Crippen LogP) is 4.50. The average molecular weight is 470 g/mol. The van der Waals surface area contributed by atoms with Crippen LogP contribution in [-0.4, -0.2) is 48.7 Å². The summed E-state index contributed by atoms with van der Waals surface area (Å²) in [5, 5.41) is 8.33. The Hall–Kier alpha value is -3.89. The topological polar surface area (TPSA) is 88.9 Å². The van der Waals surface area contributed by atoms with Crippen LogP contribution in [0.15, 0.2) is 48.8 Å². The van der Waals surface area contributed by atoms with E-state index in [2.05, 4.69) is 24.9 Å². The lowest BCUT2D eigenvalue weighted by Crippen LogP contribution is -2.44. The van der Waals surface area contributed by atoms with E-state index in [1.54, 1.807) is 29.4 Å². The smallest absolute Gasteiger partial charge is 0.406 e. The fourth-order valence-corrected chi connectivity index (χ4v) is 4.45. The second-order valence-corrected chi connectivity index (χ2v) is 8.49. The maximum atomic E-state index is 13.8. The molecule has 1 amide bonds. The number of rotatable bonds is 4. The van der Waals surface area contributed by atoms with Crippen LogP contribution >= 0.6 is 0 Å². The highest BCUT2D eigenvalue weighted by Gasteiger charge is 2.44. The van der Waals surface area contributed by atoms with E-state index in [-0.39, 0.29) is 11.7 Å². The standard InChI is InChI=1S/C23H21F3N6O2/c1-14-4-7-19(32-27-9-10-28-32)16(12-14)20(33)31-11-3-8-22(31,2)21-29-17-6-5-15(13-18(17)30-21)34-23(24,25)26/h4-7,9-10,12-13H,3,8,11H2,1-2H3,(H,29,30). The lowest BCUT2D eigenvalue weighted by atomic mass is 9.96. The highest BCUT2D eigenvalue weighted by atomic mass is 19.4. The molecule has 0 radical (unpaired) electrons. The number of amides is 1. The molecule has 1 saturated heterocycles. The molecule has 0 spiro atoms. The van der Waals surface area contributed by atoms with Gasteiger partial charge in [-0.1, -0.05) is 11.6 Å². The third-order valence-corrected chi connectivity index (χ3v) is 6.10. The minimum absolute atomic E-state index is 0.197. The zero-order valence-electron chi connectivity index (χ0n) is 18.4. The van der Waals surface area contributed by atoms with Gasteiger partial charge in [-0.3, -0.25) is 4.79 Å². The van der Waals surface area contributed by atoms with Crippen LogP contribution in [0.4, 0.5) is 13.2 Å². The number of imidazole rings is 1. The van der Waals surface area contributed by atoms with E-state index in [1.165, 1.54) is 23.0 Å². The summed E-state index contributed by atoms with van der Waals surface area (Å²) in [6, 6.07) is 9.44. The quantitative estimate of drug-likeness (QED) is 0.474. The highest BCUT2D eigenvalue weighted by molar-refractivity contribution is 5.98. The Labute approximate surface area is 192 Å². The lowest BCUT2D eigenvalue weighted by Gasteiger charge is -2.34. The van der Waals surface area contributed by atoms with Gasteiger partial charge in [0.2, 0.25) is 0 Å². The molecule has 2 aromatic carbocycles. The van der Waals surface area contributed by atoms with Crippen LogP contribution in [0.3, 0.4) is 0 Å². The van der Waals surface area contributed by atoms with E-state index >= 15 is 0 Å². The number of aryl methyl sites for hydroxylation is 1. The largest absolute Gasteiger partial charge is 0.573 e. The molecule has 2 aromatic heterocycles. The molecule has 11 heteroatoms. The fourth-order valence-electron chi connectivity index (χ4n) is 4.45. The van der Waals surface area contributed by atoms with Gasteiger partial charge < -0.3 is 14.6 Å². The number of likely N-dealkylation sites (tertiary alicyclic amines) is 1. The summed E-state index contributed by atoms with van der Waals surface area (Å²) < 4.78 is 41.9. The van der Waals surface area contributed by atoms with Gasteiger partial charge in [0.15, 0.2) is 0 Å². The second-order valence-electron chi connectivity index (χ2n) is 8.49. The molecule has 1 unspecified atom stereocenters. The van der Waals surface area contributed by atoms with Crippen LogP contribution < -0.4 is 4.74 Å². The Morgan fingerprint density at radius 1 is 1.15 bits per heavy atom. The van der Waals surface area contributed by atoms with Crippen LogP contribution in [-0.2, 0) is 5.54 Å². The maximum Gasteiger partial charge on any atom is 0.573 e. The fraction of sp³-hybridized carbons (Fsp3) is 0.304. The number of ether oxygens (including phenoxy) is 1. The number of alkyl halides is 3. The van der Waals surface area contributed by atoms with Gasteiger partial charge in [-0.05, 0) is 51.0 Å². The number of nitrogens with one attached hydrogen (secondary N) is 1. The third-order valence-electron chi connectivity index (χ3n) is 6.10. The molecule has 4 aromatic rings. The van der Waals surface area contributed by atoms with Crippen molar-refractivity contribution in [3.63, 3.8) is 0 Å². The molecule has 1 N–H and O–H groups in total. The summed E-state index contributed by atoms with van der Waals surface area (Å²) in [6.45, 7) is 4.32. The number of hydrogen-bond acceptors (Lipinski definition) is 5. The van der Waals surface area contributed by atoms with Crippen molar-refractivity contribution in [1.82, 2.24) is 29.9 Å². The van der Waals surface area contributed by atoms with Gasteiger partial charge in [-0.2, -0.15) is 15.0 Å². The highest BCUT2D eigenvalue weighted by Crippen LogP contribution is 2.40. The van der Waals surface area contributed by atoms with Crippen LogP contribution in [0.5, 0.6) is 5.75 Å². The summed E-state index contributed by atoms with van der Waals surface area (Å²) in [4.78, 5) is 24.7. The SMILES string of the molecule is Cc1ccc(-n2nccn2)c(C(=O)N2CCCC2(C)c2nc3cc(OC(F)(F)F)ccc3[nH]2)c1. The predicted molar refractivity (Wildman–Crippen MR) is 116 cm³/mol. The first-order chi connectivity index (χ1) is 16.1. The minimum atomic E-state index is -4.79. The first-order valence-electron chi connectivity index (χ1n) is 10.7. The molecule has 1 atom stereocenters. The number of benzene rings is 2. The van der Waals surface area contributed by atoms with Crippen LogP contribution in [0.2, 0.25) is 0 Å². The van der Waals surface area contributed by atoms with E-state index in [0.717, 1.165) is 12.0 Å². The third kappa shape index (κ3) is 3.87. The molecule has 0 bridgehead atoms. The van der Waals surface area contributed by atoms with E-state index in [4.69, 9.17) is 0 Å². The number of halogens is 3. The molecule has 0 saturated carbocycles. The monoisotopic (exact) mass is 470 g/mol. The van der Waals surface area contributed by atoms with Crippen molar-refractivity contribution in [2.75, 3.05) is 6.54 Å². The zero-order chi connectivity index (χ0) is 24.1. The van der Waals surface area contributed by atoms with Crippen molar-refractivity contribution in [2.24, 2.45) is 0 Å².